The quantitative estimate of drug-likeness (QED) is 0.733. The molecule has 64 valence electrons. The third-order valence-electron chi connectivity index (χ3n) is 1.84. The molecule has 0 bridgehead atoms. The number of nitrogens with zero attached hydrogens (tertiary/aromatic N) is 1. The Bertz CT molecular complexity index is 407. The van der Waals surface area contributed by atoms with Crippen molar-refractivity contribution in [3.05, 3.63) is 42.2 Å². The Kier molecular flexibility index (Phi) is 2.19. The van der Waals surface area contributed by atoms with E-state index in [0.29, 0.717) is 0 Å². The van der Waals surface area contributed by atoms with Crippen molar-refractivity contribution >= 4 is 17.6 Å². The van der Waals surface area contributed by atoms with Gasteiger partial charge in [0, 0.05) is 23.3 Å². The number of nitrogens with one attached hydrogen (secondary N) is 1. The van der Waals surface area contributed by atoms with E-state index in [9.17, 15) is 0 Å². The molecule has 2 aromatic rings. The van der Waals surface area contributed by atoms with Gasteiger partial charge in [-0.15, -0.1) is 0 Å². The minimum atomic E-state index is 0.858. The average molecular weight is 188 g/mol. The molecule has 2 rings (SSSR count). The van der Waals surface area contributed by atoms with Crippen molar-refractivity contribution in [3.8, 4) is 11.4 Å². The highest BCUT2D eigenvalue weighted by molar-refractivity contribution is 7.79. The highest BCUT2D eigenvalue weighted by Gasteiger charge is 2.02. The van der Waals surface area contributed by atoms with Gasteiger partial charge in [0.1, 0.15) is 5.82 Å². The maximum absolute atomic E-state index is 4.91. The SMILES string of the molecule is S=Cc1ccccc1-c1ncc[nH]1. The van der Waals surface area contributed by atoms with Crippen LogP contribution in [0.15, 0.2) is 36.7 Å². The monoisotopic (exact) mass is 188 g/mol. The Morgan fingerprint density at radius 3 is 2.85 bits per heavy atom. The minimum Gasteiger partial charge on any atom is -0.345 e. The summed E-state index contributed by atoms with van der Waals surface area (Å²) in [5, 5.41) is 1.66. The predicted molar refractivity (Wildman–Crippen MR) is 56.8 cm³/mol. The van der Waals surface area contributed by atoms with Gasteiger partial charge in [0.2, 0.25) is 0 Å². The van der Waals surface area contributed by atoms with E-state index in [-0.39, 0.29) is 0 Å². The fraction of sp³-hybridized carbons (Fsp3) is 0. The summed E-state index contributed by atoms with van der Waals surface area (Å²) in [6, 6.07) is 7.91. The summed E-state index contributed by atoms with van der Waals surface area (Å²) in [4.78, 5) is 7.22. The molecular formula is C10H8N2S. The van der Waals surface area contributed by atoms with Crippen LogP contribution in [0.1, 0.15) is 5.56 Å². The molecule has 0 fully saturated rings. The zero-order chi connectivity index (χ0) is 9.10. The van der Waals surface area contributed by atoms with Crippen molar-refractivity contribution in [3.63, 3.8) is 0 Å². The van der Waals surface area contributed by atoms with E-state index in [2.05, 4.69) is 9.97 Å². The third-order valence-corrected chi connectivity index (χ3v) is 2.10. The molecule has 0 amide bonds. The van der Waals surface area contributed by atoms with Crippen molar-refractivity contribution in [1.82, 2.24) is 9.97 Å². The second-order valence-electron chi connectivity index (χ2n) is 2.64. The first-order valence-corrected chi connectivity index (χ1v) is 4.43. The van der Waals surface area contributed by atoms with Crippen molar-refractivity contribution in [2.75, 3.05) is 0 Å². The molecule has 0 aliphatic carbocycles. The van der Waals surface area contributed by atoms with Gasteiger partial charge >= 0.3 is 0 Å². The lowest BCUT2D eigenvalue weighted by Crippen LogP contribution is -1.87. The maximum atomic E-state index is 4.91. The lowest BCUT2D eigenvalue weighted by atomic mass is 10.1. The van der Waals surface area contributed by atoms with Crippen LogP contribution in [0.5, 0.6) is 0 Å². The highest BCUT2D eigenvalue weighted by atomic mass is 32.1. The lowest BCUT2D eigenvalue weighted by Gasteiger charge is -2.00. The first-order chi connectivity index (χ1) is 6.42. The van der Waals surface area contributed by atoms with Gasteiger partial charge in [0.05, 0.1) is 0 Å². The molecule has 2 nitrogen and oxygen atoms in total. The standard InChI is InChI=1S/C10H8N2S/c13-7-8-3-1-2-4-9(8)10-11-5-6-12-10/h1-7H,(H,11,12). The van der Waals surface area contributed by atoms with E-state index in [0.717, 1.165) is 17.0 Å². The predicted octanol–water partition coefficient (Wildman–Crippen LogP) is 2.42. The molecule has 1 aromatic carbocycles. The molecule has 0 radical (unpaired) electrons. The van der Waals surface area contributed by atoms with E-state index in [4.69, 9.17) is 12.2 Å². The van der Waals surface area contributed by atoms with Crippen molar-refractivity contribution in [1.29, 1.82) is 0 Å². The molecule has 0 atom stereocenters. The molecule has 1 N–H and O–H groups in total. The van der Waals surface area contributed by atoms with Crippen LogP contribution in [0.25, 0.3) is 11.4 Å². The van der Waals surface area contributed by atoms with Crippen LogP contribution in [-0.2, 0) is 0 Å². The number of rotatable bonds is 2. The average Bonchev–Trinajstić information content (AvgIpc) is 2.70. The smallest absolute Gasteiger partial charge is 0.137 e. The lowest BCUT2D eigenvalue weighted by molar-refractivity contribution is 1.31. The number of aromatic amines is 1. The van der Waals surface area contributed by atoms with E-state index in [1.807, 2.05) is 24.3 Å². The van der Waals surface area contributed by atoms with E-state index in [1.165, 1.54) is 0 Å². The summed E-state index contributed by atoms with van der Waals surface area (Å²) in [7, 11) is 0. The van der Waals surface area contributed by atoms with E-state index in [1.54, 1.807) is 17.8 Å². The normalized spacial score (nSPS) is 9.85. The summed E-state index contributed by atoms with van der Waals surface area (Å²) in [6.45, 7) is 0. The summed E-state index contributed by atoms with van der Waals surface area (Å²) in [6.07, 6.45) is 3.53. The number of hydrogen-bond acceptors (Lipinski definition) is 2. The molecule has 3 heteroatoms. The van der Waals surface area contributed by atoms with Gasteiger partial charge in [0.15, 0.2) is 0 Å². The largest absolute Gasteiger partial charge is 0.345 e. The molecule has 13 heavy (non-hydrogen) atoms. The van der Waals surface area contributed by atoms with Crippen molar-refractivity contribution in [2.45, 2.75) is 0 Å². The number of imidazole rings is 1. The van der Waals surface area contributed by atoms with Gasteiger partial charge in [0.25, 0.3) is 0 Å². The molecule has 1 heterocycles. The number of aromatic nitrogens is 2. The Morgan fingerprint density at radius 2 is 2.15 bits per heavy atom. The molecule has 0 aliphatic heterocycles. The summed E-state index contributed by atoms with van der Waals surface area (Å²) in [5.74, 6) is 0.858. The molecule has 0 unspecified atom stereocenters. The Balaban J connectivity index is 2.57. The Hall–Kier alpha value is -1.48. The fourth-order valence-corrected chi connectivity index (χ4v) is 1.43. The van der Waals surface area contributed by atoms with Crippen molar-refractivity contribution in [2.24, 2.45) is 0 Å². The van der Waals surface area contributed by atoms with Crippen LogP contribution in [0.4, 0.5) is 0 Å². The summed E-state index contributed by atoms with van der Waals surface area (Å²) in [5.41, 5.74) is 2.06. The van der Waals surface area contributed by atoms with Gasteiger partial charge in [-0.25, -0.2) is 4.98 Å². The summed E-state index contributed by atoms with van der Waals surface area (Å²) < 4.78 is 0. The van der Waals surface area contributed by atoms with Crippen LogP contribution < -0.4 is 0 Å². The molecule has 0 saturated heterocycles. The van der Waals surface area contributed by atoms with E-state index < -0.39 is 0 Å². The number of thiocarbonyl (C=S) groups is 1. The number of H-pyrrole nitrogens is 1. The molecule has 0 saturated carbocycles. The maximum Gasteiger partial charge on any atom is 0.137 e. The summed E-state index contributed by atoms with van der Waals surface area (Å²) >= 11 is 4.91. The first-order valence-electron chi connectivity index (χ1n) is 3.96. The molecule has 0 spiro atoms. The second kappa shape index (κ2) is 3.49. The Morgan fingerprint density at radius 1 is 1.31 bits per heavy atom. The van der Waals surface area contributed by atoms with Crippen LogP contribution in [0.2, 0.25) is 0 Å². The third kappa shape index (κ3) is 1.51. The van der Waals surface area contributed by atoms with Gasteiger partial charge < -0.3 is 4.98 Å². The van der Waals surface area contributed by atoms with Crippen molar-refractivity contribution < 1.29 is 0 Å². The van der Waals surface area contributed by atoms with E-state index >= 15 is 0 Å². The topological polar surface area (TPSA) is 28.7 Å². The number of hydrogen-bond donors (Lipinski definition) is 1. The number of benzene rings is 1. The van der Waals surface area contributed by atoms with Gasteiger partial charge in [-0.05, 0) is 5.56 Å². The Labute approximate surface area is 81.6 Å². The van der Waals surface area contributed by atoms with Gasteiger partial charge in [-0.1, -0.05) is 36.5 Å². The zero-order valence-corrected chi connectivity index (χ0v) is 7.71. The van der Waals surface area contributed by atoms with Crippen LogP contribution >= 0.6 is 12.2 Å². The fourth-order valence-electron chi connectivity index (χ4n) is 1.23. The molecular weight excluding hydrogens is 180 g/mol. The minimum absolute atomic E-state index is 0.858. The first kappa shape index (κ1) is 8.13. The van der Waals surface area contributed by atoms with Gasteiger partial charge in [-0.2, -0.15) is 0 Å². The van der Waals surface area contributed by atoms with Crippen LogP contribution in [0.3, 0.4) is 0 Å². The van der Waals surface area contributed by atoms with Crippen LogP contribution in [-0.4, -0.2) is 15.3 Å². The highest BCUT2D eigenvalue weighted by Crippen LogP contribution is 2.17. The van der Waals surface area contributed by atoms with Gasteiger partial charge in [-0.3, -0.25) is 0 Å². The molecule has 0 aliphatic rings. The second-order valence-corrected chi connectivity index (χ2v) is 2.88. The van der Waals surface area contributed by atoms with Crippen LogP contribution in [0, 0.1) is 0 Å². The molecule has 1 aromatic heterocycles. The zero-order valence-electron chi connectivity index (χ0n) is 6.90.